The summed E-state index contributed by atoms with van der Waals surface area (Å²) in [6.07, 6.45) is 0.896. The number of hydrogen-bond donors (Lipinski definition) is 0. The van der Waals surface area contributed by atoms with Crippen LogP contribution in [0.25, 0.3) is 0 Å². The zero-order valence-corrected chi connectivity index (χ0v) is 17.3. The maximum absolute atomic E-state index is 13.3. The first kappa shape index (κ1) is 20.3. The molecule has 1 atom stereocenters. The van der Waals surface area contributed by atoms with Crippen LogP contribution in [-0.4, -0.2) is 56.1 Å². The molecule has 0 aromatic heterocycles. The molecule has 1 saturated heterocycles. The number of benzene rings is 2. The van der Waals surface area contributed by atoms with Crippen LogP contribution in [0.15, 0.2) is 42.5 Å². The quantitative estimate of drug-likeness (QED) is 0.733. The molecule has 2 aliphatic heterocycles. The number of ether oxygens (including phenoxy) is 1. The second kappa shape index (κ2) is 8.41. The van der Waals surface area contributed by atoms with Crippen molar-refractivity contribution in [1.82, 2.24) is 9.80 Å². The van der Waals surface area contributed by atoms with Crippen molar-refractivity contribution in [2.45, 2.75) is 37.6 Å². The molecule has 5 heteroatoms. The molecule has 3 nitrogen and oxygen atoms in total. The van der Waals surface area contributed by atoms with Crippen molar-refractivity contribution in [3.8, 4) is 5.75 Å². The number of likely N-dealkylation sites (N-methyl/N-ethyl adjacent to an activating group) is 1. The number of alkyl halides is 2. The van der Waals surface area contributed by atoms with E-state index in [1.54, 1.807) is 7.11 Å². The summed E-state index contributed by atoms with van der Waals surface area (Å²) >= 11 is 0. The minimum atomic E-state index is -2.47. The predicted molar refractivity (Wildman–Crippen MR) is 112 cm³/mol. The minimum absolute atomic E-state index is 0.00841. The summed E-state index contributed by atoms with van der Waals surface area (Å²) in [5.41, 5.74) is 5.38. The molecule has 2 aromatic rings. The average molecular weight is 401 g/mol. The third-order valence-corrected chi connectivity index (χ3v) is 6.34. The lowest BCUT2D eigenvalue weighted by atomic mass is 9.84. The molecule has 0 saturated carbocycles. The van der Waals surface area contributed by atoms with E-state index in [9.17, 15) is 8.78 Å². The van der Waals surface area contributed by atoms with E-state index in [-0.39, 0.29) is 12.8 Å². The van der Waals surface area contributed by atoms with Gasteiger partial charge in [0.25, 0.3) is 5.92 Å². The maximum Gasteiger partial charge on any atom is 0.250 e. The Morgan fingerprint density at radius 1 is 1.07 bits per heavy atom. The average Bonchev–Trinajstić information content (AvgIpc) is 2.72. The Morgan fingerprint density at radius 3 is 2.48 bits per heavy atom. The van der Waals surface area contributed by atoms with Crippen LogP contribution in [0, 0.1) is 0 Å². The standard InChI is InChI=1S/C24H30F2N2O/c1-27-16-20-15-18(9-12-28-13-10-24(25,26)11-14-28)3-8-22(20)23(17-27)19-4-6-21(29-2)7-5-19/h3-8,15,23H,9-14,16-17H2,1-2H3. The monoisotopic (exact) mass is 400 g/mol. The lowest BCUT2D eigenvalue weighted by molar-refractivity contribution is -0.0548. The fourth-order valence-electron chi connectivity index (χ4n) is 4.57. The van der Waals surface area contributed by atoms with Crippen LogP contribution in [0.5, 0.6) is 5.75 Å². The van der Waals surface area contributed by atoms with Crippen molar-refractivity contribution < 1.29 is 13.5 Å². The van der Waals surface area contributed by atoms with E-state index in [1.165, 1.54) is 22.3 Å². The molecule has 1 unspecified atom stereocenters. The number of likely N-dealkylation sites (tertiary alicyclic amines) is 1. The number of nitrogens with zero attached hydrogens (tertiary/aromatic N) is 2. The second-order valence-corrected chi connectivity index (χ2v) is 8.50. The highest BCUT2D eigenvalue weighted by Gasteiger charge is 2.33. The minimum Gasteiger partial charge on any atom is -0.497 e. The third-order valence-electron chi connectivity index (χ3n) is 6.34. The molecule has 2 aliphatic rings. The molecule has 0 amide bonds. The van der Waals surface area contributed by atoms with Crippen molar-refractivity contribution >= 4 is 0 Å². The first-order chi connectivity index (χ1) is 13.9. The highest BCUT2D eigenvalue weighted by Crippen LogP contribution is 2.34. The van der Waals surface area contributed by atoms with E-state index in [1.807, 2.05) is 12.1 Å². The Kier molecular flexibility index (Phi) is 5.88. The normalized spacial score (nSPS) is 22.3. The Morgan fingerprint density at radius 2 is 1.79 bits per heavy atom. The van der Waals surface area contributed by atoms with Crippen molar-refractivity contribution in [3.05, 3.63) is 64.7 Å². The highest BCUT2D eigenvalue weighted by molar-refractivity contribution is 5.43. The zero-order chi connectivity index (χ0) is 20.4. The SMILES string of the molecule is COc1ccc(C2CN(C)Cc3cc(CCN4CCC(F)(F)CC4)ccc32)cc1. The Hall–Kier alpha value is -1.98. The Balaban J connectivity index is 1.46. The third kappa shape index (κ3) is 4.78. The molecule has 29 heavy (non-hydrogen) atoms. The molecule has 2 aromatic carbocycles. The first-order valence-electron chi connectivity index (χ1n) is 10.5. The molecule has 0 spiro atoms. The number of methoxy groups -OCH3 is 1. The molecule has 0 aliphatic carbocycles. The van der Waals surface area contributed by atoms with Crippen molar-refractivity contribution in [3.63, 3.8) is 0 Å². The maximum atomic E-state index is 13.3. The fourth-order valence-corrected chi connectivity index (χ4v) is 4.57. The van der Waals surface area contributed by atoms with Gasteiger partial charge in [0.15, 0.2) is 0 Å². The molecule has 1 fully saturated rings. The molecule has 0 radical (unpaired) electrons. The zero-order valence-electron chi connectivity index (χ0n) is 17.3. The first-order valence-corrected chi connectivity index (χ1v) is 10.5. The number of fused-ring (bicyclic) bond motifs is 1. The molecule has 4 rings (SSSR count). The summed E-state index contributed by atoms with van der Waals surface area (Å²) < 4.78 is 32.0. The highest BCUT2D eigenvalue weighted by atomic mass is 19.3. The Bertz CT molecular complexity index is 827. The van der Waals surface area contributed by atoms with Gasteiger partial charge in [-0.2, -0.15) is 0 Å². The van der Waals surface area contributed by atoms with Crippen LogP contribution in [0.3, 0.4) is 0 Å². The van der Waals surface area contributed by atoms with E-state index in [2.05, 4.69) is 47.2 Å². The van der Waals surface area contributed by atoms with E-state index in [4.69, 9.17) is 4.74 Å². The van der Waals surface area contributed by atoms with Gasteiger partial charge in [-0.1, -0.05) is 30.3 Å². The van der Waals surface area contributed by atoms with E-state index >= 15 is 0 Å². The van der Waals surface area contributed by atoms with Crippen molar-refractivity contribution in [1.29, 1.82) is 0 Å². The van der Waals surface area contributed by atoms with E-state index in [0.29, 0.717) is 19.0 Å². The van der Waals surface area contributed by atoms with Crippen LogP contribution in [0.2, 0.25) is 0 Å². The van der Waals surface area contributed by atoms with Crippen molar-refractivity contribution in [2.24, 2.45) is 0 Å². The molecule has 0 bridgehead atoms. The summed E-state index contributed by atoms with van der Waals surface area (Å²) in [5.74, 6) is -1.24. The lowest BCUT2D eigenvalue weighted by Gasteiger charge is -2.33. The van der Waals surface area contributed by atoms with Gasteiger partial charge in [0, 0.05) is 51.5 Å². The molecule has 0 N–H and O–H groups in total. The summed E-state index contributed by atoms with van der Waals surface area (Å²) in [6, 6.07) is 15.2. The number of rotatable bonds is 5. The van der Waals surface area contributed by atoms with Gasteiger partial charge in [-0.25, -0.2) is 8.78 Å². The van der Waals surface area contributed by atoms with Crippen LogP contribution in [0.4, 0.5) is 8.78 Å². The van der Waals surface area contributed by atoms with Crippen LogP contribution < -0.4 is 4.74 Å². The Labute approximate surface area is 172 Å². The number of halogens is 2. The predicted octanol–water partition coefficient (Wildman–Crippen LogP) is 4.55. The second-order valence-electron chi connectivity index (χ2n) is 8.50. The fraction of sp³-hybridized carbons (Fsp3) is 0.500. The van der Waals surface area contributed by atoms with Gasteiger partial charge < -0.3 is 14.5 Å². The molecular formula is C24H30F2N2O. The van der Waals surface area contributed by atoms with Crippen LogP contribution in [0.1, 0.15) is 41.0 Å². The number of hydrogen-bond acceptors (Lipinski definition) is 3. The largest absolute Gasteiger partial charge is 0.497 e. The van der Waals surface area contributed by atoms with Crippen molar-refractivity contribution in [2.75, 3.05) is 40.3 Å². The lowest BCUT2D eigenvalue weighted by Crippen LogP contribution is -2.40. The van der Waals surface area contributed by atoms with Gasteiger partial charge in [-0.05, 0) is 47.9 Å². The van der Waals surface area contributed by atoms with E-state index in [0.717, 1.165) is 31.8 Å². The van der Waals surface area contributed by atoms with Crippen LogP contribution in [-0.2, 0) is 13.0 Å². The van der Waals surface area contributed by atoms with Gasteiger partial charge in [0.2, 0.25) is 0 Å². The van der Waals surface area contributed by atoms with Gasteiger partial charge in [0.1, 0.15) is 5.75 Å². The smallest absolute Gasteiger partial charge is 0.250 e. The summed E-state index contributed by atoms with van der Waals surface area (Å²) in [5, 5.41) is 0. The van der Waals surface area contributed by atoms with Gasteiger partial charge in [-0.3, -0.25) is 0 Å². The van der Waals surface area contributed by atoms with E-state index < -0.39 is 5.92 Å². The summed E-state index contributed by atoms with van der Waals surface area (Å²) in [4.78, 5) is 4.54. The van der Waals surface area contributed by atoms with Gasteiger partial charge >= 0.3 is 0 Å². The summed E-state index contributed by atoms with van der Waals surface area (Å²) in [7, 11) is 3.86. The molecular weight excluding hydrogens is 370 g/mol. The van der Waals surface area contributed by atoms with Crippen LogP contribution >= 0.6 is 0 Å². The van der Waals surface area contributed by atoms with Gasteiger partial charge in [-0.15, -0.1) is 0 Å². The molecule has 156 valence electrons. The molecule has 2 heterocycles. The number of piperidine rings is 1. The van der Waals surface area contributed by atoms with Gasteiger partial charge in [0.05, 0.1) is 7.11 Å². The topological polar surface area (TPSA) is 15.7 Å². The summed E-state index contributed by atoms with van der Waals surface area (Å²) in [6.45, 7) is 3.81.